The van der Waals surface area contributed by atoms with Crippen molar-refractivity contribution < 1.29 is 4.74 Å². The van der Waals surface area contributed by atoms with Crippen LogP contribution in [0.1, 0.15) is 26.2 Å². The molecular formula is C9H20N2O. The molecule has 0 radical (unpaired) electrons. The first kappa shape index (κ1) is 9.96. The number of hydrogen-bond donors (Lipinski definition) is 2. The van der Waals surface area contributed by atoms with Crippen LogP contribution >= 0.6 is 0 Å². The molecule has 0 amide bonds. The van der Waals surface area contributed by atoms with Crippen molar-refractivity contribution in [1.29, 1.82) is 0 Å². The van der Waals surface area contributed by atoms with Crippen LogP contribution in [-0.4, -0.2) is 31.8 Å². The van der Waals surface area contributed by atoms with Gasteiger partial charge in [-0.05, 0) is 32.7 Å². The molecule has 3 N–H and O–H groups in total. The third kappa shape index (κ3) is 3.52. The monoisotopic (exact) mass is 172 g/mol. The van der Waals surface area contributed by atoms with E-state index < -0.39 is 0 Å². The lowest BCUT2D eigenvalue weighted by Gasteiger charge is -2.15. The Morgan fingerprint density at radius 3 is 3.08 bits per heavy atom. The van der Waals surface area contributed by atoms with E-state index in [4.69, 9.17) is 10.5 Å². The molecule has 0 spiro atoms. The minimum atomic E-state index is 0.449. The molecule has 0 aromatic rings. The zero-order valence-corrected chi connectivity index (χ0v) is 7.88. The van der Waals surface area contributed by atoms with Gasteiger partial charge in [0.15, 0.2) is 0 Å². The molecule has 1 aliphatic heterocycles. The van der Waals surface area contributed by atoms with Crippen molar-refractivity contribution in [2.24, 2.45) is 5.73 Å². The van der Waals surface area contributed by atoms with Gasteiger partial charge in [-0.3, -0.25) is 0 Å². The molecule has 3 heteroatoms. The Labute approximate surface area is 74.7 Å². The average molecular weight is 172 g/mol. The Kier molecular flexibility index (Phi) is 4.58. The summed E-state index contributed by atoms with van der Waals surface area (Å²) in [6.45, 7) is 4.86. The van der Waals surface area contributed by atoms with E-state index in [2.05, 4.69) is 12.2 Å². The van der Waals surface area contributed by atoms with E-state index in [0.29, 0.717) is 12.1 Å². The molecule has 2 atom stereocenters. The normalized spacial score (nSPS) is 26.0. The van der Waals surface area contributed by atoms with Gasteiger partial charge >= 0.3 is 0 Å². The predicted octanol–water partition coefficient (Wildman–Crippen LogP) is 0.492. The van der Waals surface area contributed by atoms with E-state index in [9.17, 15) is 0 Å². The standard InChI is InChI=1S/C9H20N2O/c1-8(4-5-10)11-7-9-3-2-6-12-9/h8-9,11H,2-7,10H2,1H3. The van der Waals surface area contributed by atoms with Crippen LogP contribution in [0.25, 0.3) is 0 Å². The fraction of sp³-hybridized carbons (Fsp3) is 1.00. The smallest absolute Gasteiger partial charge is 0.0700 e. The largest absolute Gasteiger partial charge is 0.377 e. The number of hydrogen-bond acceptors (Lipinski definition) is 3. The molecule has 2 unspecified atom stereocenters. The van der Waals surface area contributed by atoms with Gasteiger partial charge in [-0.15, -0.1) is 0 Å². The fourth-order valence-electron chi connectivity index (χ4n) is 1.49. The van der Waals surface area contributed by atoms with Gasteiger partial charge in [0.2, 0.25) is 0 Å². The first-order chi connectivity index (χ1) is 5.83. The molecule has 12 heavy (non-hydrogen) atoms. The minimum absolute atomic E-state index is 0.449. The molecule has 0 aromatic heterocycles. The van der Waals surface area contributed by atoms with Gasteiger partial charge in [0, 0.05) is 19.2 Å². The van der Waals surface area contributed by atoms with Gasteiger partial charge < -0.3 is 15.8 Å². The van der Waals surface area contributed by atoms with Crippen LogP contribution < -0.4 is 11.1 Å². The summed E-state index contributed by atoms with van der Waals surface area (Å²) in [4.78, 5) is 0. The molecule has 3 nitrogen and oxygen atoms in total. The zero-order chi connectivity index (χ0) is 8.81. The van der Waals surface area contributed by atoms with Crippen molar-refractivity contribution in [2.45, 2.75) is 38.3 Å². The third-order valence-corrected chi connectivity index (χ3v) is 2.32. The Bertz CT molecular complexity index is 113. The van der Waals surface area contributed by atoms with E-state index in [1.54, 1.807) is 0 Å². The first-order valence-corrected chi connectivity index (χ1v) is 4.88. The van der Waals surface area contributed by atoms with Crippen LogP contribution in [0.3, 0.4) is 0 Å². The Hall–Kier alpha value is -0.120. The van der Waals surface area contributed by atoms with Crippen LogP contribution in [0.4, 0.5) is 0 Å². The van der Waals surface area contributed by atoms with E-state index in [1.165, 1.54) is 12.8 Å². The van der Waals surface area contributed by atoms with E-state index in [1.807, 2.05) is 0 Å². The molecule has 72 valence electrons. The van der Waals surface area contributed by atoms with Gasteiger partial charge in [0.05, 0.1) is 6.10 Å². The summed E-state index contributed by atoms with van der Waals surface area (Å²) in [7, 11) is 0. The van der Waals surface area contributed by atoms with Gasteiger partial charge in [0.1, 0.15) is 0 Å². The van der Waals surface area contributed by atoms with Crippen molar-refractivity contribution >= 4 is 0 Å². The van der Waals surface area contributed by atoms with Crippen molar-refractivity contribution in [2.75, 3.05) is 19.7 Å². The maximum absolute atomic E-state index is 5.49. The number of rotatable bonds is 5. The number of ether oxygens (including phenoxy) is 1. The predicted molar refractivity (Wildman–Crippen MR) is 50.1 cm³/mol. The molecule has 1 rings (SSSR count). The van der Waals surface area contributed by atoms with E-state index in [-0.39, 0.29) is 0 Å². The second-order valence-corrected chi connectivity index (χ2v) is 3.52. The molecule has 0 aliphatic carbocycles. The van der Waals surface area contributed by atoms with Crippen LogP contribution in [-0.2, 0) is 4.74 Å². The Balaban J connectivity index is 1.99. The highest BCUT2D eigenvalue weighted by Gasteiger charge is 2.15. The third-order valence-electron chi connectivity index (χ3n) is 2.32. The molecule has 0 bridgehead atoms. The van der Waals surface area contributed by atoms with E-state index in [0.717, 1.165) is 26.1 Å². The molecule has 1 aliphatic rings. The van der Waals surface area contributed by atoms with Crippen molar-refractivity contribution in [3.8, 4) is 0 Å². The fourth-order valence-corrected chi connectivity index (χ4v) is 1.49. The van der Waals surface area contributed by atoms with Crippen LogP contribution in [0.2, 0.25) is 0 Å². The van der Waals surface area contributed by atoms with Crippen molar-refractivity contribution in [1.82, 2.24) is 5.32 Å². The molecule has 1 saturated heterocycles. The lowest BCUT2D eigenvalue weighted by molar-refractivity contribution is 0.108. The minimum Gasteiger partial charge on any atom is -0.377 e. The quantitative estimate of drug-likeness (QED) is 0.634. The Morgan fingerprint density at radius 1 is 1.67 bits per heavy atom. The van der Waals surface area contributed by atoms with Crippen LogP contribution in [0.5, 0.6) is 0 Å². The summed E-state index contributed by atoms with van der Waals surface area (Å²) in [5, 5.41) is 3.42. The number of nitrogens with one attached hydrogen (secondary N) is 1. The molecular weight excluding hydrogens is 152 g/mol. The summed E-state index contributed by atoms with van der Waals surface area (Å²) >= 11 is 0. The lowest BCUT2D eigenvalue weighted by atomic mass is 10.2. The summed E-state index contributed by atoms with van der Waals surface area (Å²) in [6.07, 6.45) is 3.93. The van der Waals surface area contributed by atoms with Gasteiger partial charge in [0.25, 0.3) is 0 Å². The summed E-state index contributed by atoms with van der Waals surface area (Å²) in [5.74, 6) is 0. The average Bonchev–Trinajstić information content (AvgIpc) is 2.53. The summed E-state index contributed by atoms with van der Waals surface area (Å²) < 4.78 is 5.49. The highest BCUT2D eigenvalue weighted by molar-refractivity contribution is 4.70. The van der Waals surface area contributed by atoms with Crippen LogP contribution in [0, 0.1) is 0 Å². The topological polar surface area (TPSA) is 47.3 Å². The Morgan fingerprint density at radius 2 is 2.50 bits per heavy atom. The second kappa shape index (κ2) is 5.51. The first-order valence-electron chi connectivity index (χ1n) is 4.88. The highest BCUT2D eigenvalue weighted by Crippen LogP contribution is 2.10. The van der Waals surface area contributed by atoms with Crippen molar-refractivity contribution in [3.05, 3.63) is 0 Å². The lowest BCUT2D eigenvalue weighted by Crippen LogP contribution is -2.34. The maximum Gasteiger partial charge on any atom is 0.0700 e. The molecule has 0 saturated carbocycles. The van der Waals surface area contributed by atoms with Crippen LogP contribution in [0.15, 0.2) is 0 Å². The maximum atomic E-state index is 5.49. The zero-order valence-electron chi connectivity index (χ0n) is 7.88. The molecule has 1 fully saturated rings. The summed E-state index contributed by atoms with van der Waals surface area (Å²) in [6, 6.07) is 0.527. The van der Waals surface area contributed by atoms with E-state index >= 15 is 0 Å². The summed E-state index contributed by atoms with van der Waals surface area (Å²) in [5.41, 5.74) is 5.44. The molecule has 1 heterocycles. The van der Waals surface area contributed by atoms with Gasteiger partial charge in [-0.25, -0.2) is 0 Å². The number of nitrogens with two attached hydrogens (primary N) is 1. The van der Waals surface area contributed by atoms with Crippen molar-refractivity contribution in [3.63, 3.8) is 0 Å². The van der Waals surface area contributed by atoms with Gasteiger partial charge in [-0.2, -0.15) is 0 Å². The van der Waals surface area contributed by atoms with Gasteiger partial charge in [-0.1, -0.05) is 0 Å². The highest BCUT2D eigenvalue weighted by atomic mass is 16.5. The SMILES string of the molecule is CC(CCN)NCC1CCCO1. The second-order valence-electron chi connectivity index (χ2n) is 3.52. The molecule has 0 aromatic carbocycles.